The van der Waals surface area contributed by atoms with Gasteiger partial charge in [0.1, 0.15) is 0 Å². The molecule has 0 spiro atoms. The molecule has 0 bridgehead atoms. The Morgan fingerprint density at radius 3 is 2.87 bits per heavy atom. The first-order valence-corrected chi connectivity index (χ1v) is 5.37. The molecule has 0 radical (unpaired) electrons. The third kappa shape index (κ3) is 1.75. The van der Waals surface area contributed by atoms with E-state index >= 15 is 0 Å². The van der Waals surface area contributed by atoms with E-state index in [1.165, 1.54) is 22.3 Å². The molecule has 3 heteroatoms. The summed E-state index contributed by atoms with van der Waals surface area (Å²) in [5.41, 5.74) is 4.97. The van der Waals surface area contributed by atoms with Crippen molar-refractivity contribution in [3.8, 4) is 0 Å². The van der Waals surface area contributed by atoms with E-state index in [4.69, 9.17) is 0 Å². The zero-order valence-corrected chi connectivity index (χ0v) is 9.54. The van der Waals surface area contributed by atoms with Crippen LogP contribution in [0.15, 0.2) is 18.3 Å². The van der Waals surface area contributed by atoms with E-state index in [2.05, 4.69) is 43.3 Å². The third-order valence-corrected chi connectivity index (χ3v) is 2.83. The summed E-state index contributed by atoms with van der Waals surface area (Å²) in [6, 6.07) is 4.30. The van der Waals surface area contributed by atoms with E-state index in [0.717, 1.165) is 13.1 Å². The summed E-state index contributed by atoms with van der Waals surface area (Å²) in [5, 5.41) is 7.73. The van der Waals surface area contributed by atoms with Crippen molar-refractivity contribution in [2.45, 2.75) is 27.3 Å². The average molecular weight is 203 g/mol. The summed E-state index contributed by atoms with van der Waals surface area (Å²) in [6.45, 7) is 8.21. The minimum absolute atomic E-state index is 0.891. The molecule has 0 saturated heterocycles. The van der Waals surface area contributed by atoms with E-state index in [1.54, 1.807) is 0 Å². The molecular formula is C12H17N3. The lowest BCUT2D eigenvalue weighted by atomic mass is 10.2. The molecule has 15 heavy (non-hydrogen) atoms. The van der Waals surface area contributed by atoms with Gasteiger partial charge in [-0.05, 0) is 32.0 Å². The minimum Gasteiger partial charge on any atom is -0.313 e. The van der Waals surface area contributed by atoms with Gasteiger partial charge in [0, 0.05) is 17.8 Å². The average Bonchev–Trinajstić information content (AvgIpc) is 2.64. The van der Waals surface area contributed by atoms with Crippen LogP contribution in [0.3, 0.4) is 0 Å². The molecule has 0 amide bonds. The molecule has 0 aliphatic rings. The fraction of sp³-hybridized carbons (Fsp3) is 0.417. The van der Waals surface area contributed by atoms with Gasteiger partial charge in [0.2, 0.25) is 0 Å². The van der Waals surface area contributed by atoms with Crippen molar-refractivity contribution in [3.63, 3.8) is 0 Å². The lowest BCUT2D eigenvalue weighted by Gasteiger charge is -2.04. The highest BCUT2D eigenvalue weighted by molar-refractivity contribution is 5.55. The smallest absolute Gasteiger partial charge is 0.0709 e. The van der Waals surface area contributed by atoms with E-state index in [-0.39, 0.29) is 0 Å². The van der Waals surface area contributed by atoms with Crippen molar-refractivity contribution in [1.82, 2.24) is 14.9 Å². The number of fused-ring (bicyclic) bond motifs is 1. The highest BCUT2D eigenvalue weighted by atomic mass is 15.2. The van der Waals surface area contributed by atoms with Gasteiger partial charge in [-0.25, -0.2) is 4.52 Å². The first-order chi connectivity index (χ1) is 7.24. The van der Waals surface area contributed by atoms with Crippen molar-refractivity contribution >= 4 is 5.52 Å². The second-order valence-electron chi connectivity index (χ2n) is 3.85. The fourth-order valence-electron chi connectivity index (χ4n) is 1.72. The topological polar surface area (TPSA) is 29.3 Å². The van der Waals surface area contributed by atoms with Crippen LogP contribution in [-0.2, 0) is 6.54 Å². The molecule has 1 N–H and O–H groups in total. The lowest BCUT2D eigenvalue weighted by Crippen LogP contribution is -2.11. The number of nitrogens with zero attached hydrogens (tertiary/aromatic N) is 2. The number of rotatable bonds is 3. The van der Waals surface area contributed by atoms with E-state index in [0.29, 0.717) is 0 Å². The first kappa shape index (κ1) is 10.2. The lowest BCUT2D eigenvalue weighted by molar-refractivity contribution is 0.730. The van der Waals surface area contributed by atoms with Crippen molar-refractivity contribution in [1.29, 1.82) is 0 Å². The highest BCUT2D eigenvalue weighted by Gasteiger charge is 2.05. The van der Waals surface area contributed by atoms with Crippen LogP contribution in [0.25, 0.3) is 5.52 Å². The molecule has 2 rings (SSSR count). The highest BCUT2D eigenvalue weighted by Crippen LogP contribution is 2.15. The maximum atomic E-state index is 4.41. The van der Waals surface area contributed by atoms with Crippen LogP contribution in [0.1, 0.15) is 23.7 Å². The number of hydrogen-bond donors (Lipinski definition) is 1. The first-order valence-electron chi connectivity index (χ1n) is 5.37. The zero-order chi connectivity index (χ0) is 10.8. The maximum absolute atomic E-state index is 4.41. The molecule has 0 fully saturated rings. The van der Waals surface area contributed by atoms with Crippen LogP contribution in [0.5, 0.6) is 0 Å². The normalized spacial score (nSPS) is 11.1. The van der Waals surface area contributed by atoms with Gasteiger partial charge in [-0.2, -0.15) is 5.10 Å². The van der Waals surface area contributed by atoms with Gasteiger partial charge in [-0.3, -0.25) is 0 Å². The van der Waals surface area contributed by atoms with E-state index < -0.39 is 0 Å². The van der Waals surface area contributed by atoms with Crippen molar-refractivity contribution in [3.05, 3.63) is 35.2 Å². The fourth-order valence-corrected chi connectivity index (χ4v) is 1.72. The summed E-state index contributed by atoms with van der Waals surface area (Å²) in [5.74, 6) is 0. The van der Waals surface area contributed by atoms with Gasteiger partial charge in [-0.1, -0.05) is 13.0 Å². The van der Waals surface area contributed by atoms with Gasteiger partial charge in [0.15, 0.2) is 0 Å². The standard InChI is InChI=1S/C12H17N3/c1-4-13-7-11-8-14-15-10(3)9(2)5-6-12(11)15/h5-6,8,13H,4,7H2,1-3H3. The zero-order valence-electron chi connectivity index (χ0n) is 9.54. The SMILES string of the molecule is CCNCc1cnn2c(C)c(C)ccc12. The van der Waals surface area contributed by atoms with Gasteiger partial charge in [-0.15, -0.1) is 0 Å². The molecule has 0 aliphatic heterocycles. The number of nitrogens with one attached hydrogen (secondary N) is 1. The molecule has 2 aromatic heterocycles. The summed E-state index contributed by atoms with van der Waals surface area (Å²) < 4.78 is 2.02. The Kier molecular flexibility index (Phi) is 2.73. The van der Waals surface area contributed by atoms with Gasteiger partial charge in [0.05, 0.1) is 11.7 Å². The Labute approximate surface area is 90.1 Å². The van der Waals surface area contributed by atoms with Crippen LogP contribution in [-0.4, -0.2) is 16.2 Å². The second kappa shape index (κ2) is 4.03. The predicted octanol–water partition coefficient (Wildman–Crippen LogP) is 2.06. The molecule has 0 aliphatic carbocycles. The maximum Gasteiger partial charge on any atom is 0.0709 e. The third-order valence-electron chi connectivity index (χ3n) is 2.83. The summed E-state index contributed by atoms with van der Waals surface area (Å²) >= 11 is 0. The van der Waals surface area contributed by atoms with Gasteiger partial charge < -0.3 is 5.32 Å². The molecule has 2 aromatic rings. The van der Waals surface area contributed by atoms with Crippen LogP contribution in [0.4, 0.5) is 0 Å². The van der Waals surface area contributed by atoms with E-state index in [9.17, 15) is 0 Å². The Hall–Kier alpha value is -1.35. The molecule has 0 atom stereocenters. The Balaban J connectivity index is 2.47. The number of hydrogen-bond acceptors (Lipinski definition) is 2. The molecule has 80 valence electrons. The van der Waals surface area contributed by atoms with Crippen LogP contribution < -0.4 is 5.32 Å². The van der Waals surface area contributed by atoms with Gasteiger partial charge in [0.25, 0.3) is 0 Å². The quantitative estimate of drug-likeness (QED) is 0.827. The monoisotopic (exact) mass is 203 g/mol. The summed E-state index contributed by atoms with van der Waals surface area (Å²) in [6.07, 6.45) is 1.95. The summed E-state index contributed by atoms with van der Waals surface area (Å²) in [4.78, 5) is 0. The summed E-state index contributed by atoms with van der Waals surface area (Å²) in [7, 11) is 0. The molecule has 2 heterocycles. The van der Waals surface area contributed by atoms with Crippen molar-refractivity contribution < 1.29 is 0 Å². The number of aromatic nitrogens is 2. The molecule has 0 unspecified atom stereocenters. The number of aryl methyl sites for hydroxylation is 2. The molecular weight excluding hydrogens is 186 g/mol. The van der Waals surface area contributed by atoms with Gasteiger partial charge >= 0.3 is 0 Å². The van der Waals surface area contributed by atoms with Crippen molar-refractivity contribution in [2.24, 2.45) is 0 Å². The van der Waals surface area contributed by atoms with Crippen LogP contribution in [0, 0.1) is 13.8 Å². The molecule has 0 aromatic carbocycles. The minimum atomic E-state index is 0.891. The molecule has 0 saturated carbocycles. The largest absolute Gasteiger partial charge is 0.313 e. The Morgan fingerprint density at radius 2 is 2.13 bits per heavy atom. The number of pyridine rings is 1. The van der Waals surface area contributed by atoms with E-state index in [1.807, 2.05) is 10.7 Å². The second-order valence-corrected chi connectivity index (χ2v) is 3.85. The predicted molar refractivity (Wildman–Crippen MR) is 62.0 cm³/mol. The van der Waals surface area contributed by atoms with Crippen LogP contribution in [0.2, 0.25) is 0 Å². The van der Waals surface area contributed by atoms with Crippen LogP contribution >= 0.6 is 0 Å². The molecule has 3 nitrogen and oxygen atoms in total. The van der Waals surface area contributed by atoms with Crippen molar-refractivity contribution in [2.75, 3.05) is 6.54 Å². The Bertz CT molecular complexity index is 471. The Morgan fingerprint density at radius 1 is 1.33 bits per heavy atom.